The van der Waals surface area contributed by atoms with E-state index in [9.17, 15) is 4.79 Å². The van der Waals surface area contributed by atoms with E-state index in [0.29, 0.717) is 0 Å². The van der Waals surface area contributed by atoms with E-state index in [-0.39, 0.29) is 11.8 Å². The van der Waals surface area contributed by atoms with Crippen LogP contribution in [0.2, 0.25) is 0 Å². The van der Waals surface area contributed by atoms with Gasteiger partial charge in [-0.15, -0.1) is 0 Å². The Morgan fingerprint density at radius 3 is 2.56 bits per heavy atom. The highest BCUT2D eigenvalue weighted by molar-refractivity contribution is 7.98. The number of carbonyl (C=O) groups excluding carboxylic acids is 1. The molecule has 1 unspecified atom stereocenters. The second-order valence-corrected chi connectivity index (χ2v) is 3.03. The van der Waals surface area contributed by atoms with Crippen LogP contribution in [0.4, 0.5) is 0 Å². The van der Waals surface area contributed by atoms with Crippen molar-refractivity contribution >= 4 is 26.9 Å². The van der Waals surface area contributed by atoms with E-state index in [1.54, 1.807) is 18.7 Å². The first-order valence-corrected chi connectivity index (χ1v) is 4.65. The van der Waals surface area contributed by atoms with Gasteiger partial charge in [-0.05, 0) is 13.2 Å². The highest BCUT2D eigenvalue weighted by atomic mass is 32.2. The Morgan fingerprint density at radius 1 is 1.89 bits per heavy atom. The van der Waals surface area contributed by atoms with Gasteiger partial charge < -0.3 is 0 Å². The van der Waals surface area contributed by atoms with Gasteiger partial charge in [0, 0.05) is 5.75 Å². The molecular formula is C5H12NOPS. The normalized spacial score (nSPS) is 13.2. The molecule has 0 fully saturated rings. The summed E-state index contributed by atoms with van der Waals surface area (Å²) in [4.78, 5) is 10.7. The molecule has 0 radical (unpaired) electrons. The third kappa shape index (κ3) is 3.90. The molecule has 0 rings (SSSR count). The van der Waals surface area contributed by atoms with Crippen molar-refractivity contribution in [3.05, 3.63) is 0 Å². The minimum atomic E-state index is 0.00463. The molecule has 0 amide bonds. The van der Waals surface area contributed by atoms with Crippen LogP contribution in [0.3, 0.4) is 0 Å². The van der Waals surface area contributed by atoms with Gasteiger partial charge in [0.05, 0.1) is 6.04 Å². The summed E-state index contributed by atoms with van der Waals surface area (Å²) in [5, 5.41) is 2.85. The molecule has 2 atom stereocenters. The first-order valence-electron chi connectivity index (χ1n) is 2.68. The van der Waals surface area contributed by atoms with Gasteiger partial charge in [-0.1, -0.05) is 9.39 Å². The molecule has 9 heavy (non-hydrogen) atoms. The van der Waals surface area contributed by atoms with E-state index in [4.69, 9.17) is 0 Å². The lowest BCUT2D eigenvalue weighted by Gasteiger charge is -2.08. The summed E-state index contributed by atoms with van der Waals surface area (Å²) in [6, 6.07) is 0.00463. The predicted molar refractivity (Wildman–Crippen MR) is 45.7 cm³/mol. The van der Waals surface area contributed by atoms with Crippen molar-refractivity contribution in [1.29, 1.82) is 0 Å². The molecular weight excluding hydrogens is 153 g/mol. The molecule has 0 heterocycles. The summed E-state index contributed by atoms with van der Waals surface area (Å²) in [7, 11) is 2.35. The fraction of sp³-hybridized carbons (Fsp3) is 0.800. The van der Waals surface area contributed by atoms with Crippen LogP contribution >= 0.6 is 21.2 Å². The average Bonchev–Trinajstić information content (AvgIpc) is 1.82. The Labute approximate surface area is 62.4 Å². The maximum Gasteiger partial charge on any atom is 0.147 e. The molecule has 0 saturated heterocycles. The van der Waals surface area contributed by atoms with Crippen molar-refractivity contribution in [3.8, 4) is 0 Å². The minimum absolute atomic E-state index is 0.00463. The lowest BCUT2D eigenvalue weighted by Crippen LogP contribution is -2.30. The van der Waals surface area contributed by atoms with E-state index in [2.05, 4.69) is 14.5 Å². The first-order chi connectivity index (χ1) is 4.22. The number of hydrogen-bond donors (Lipinski definition) is 1. The summed E-state index contributed by atoms with van der Waals surface area (Å²) in [5.41, 5.74) is 0. The standard InChI is InChI=1S/C5H12NOPS/c1-4(7)5(6-8)3-9-2/h5-6H,3,8H2,1-2H3/t5-/m0/s1. The molecule has 0 spiro atoms. The molecule has 0 bridgehead atoms. The SMILES string of the molecule is CSC[C@H](NP)C(C)=O. The molecule has 0 saturated carbocycles. The van der Waals surface area contributed by atoms with E-state index in [0.717, 1.165) is 5.75 Å². The summed E-state index contributed by atoms with van der Waals surface area (Å²) in [6.07, 6.45) is 1.98. The molecule has 0 aliphatic carbocycles. The van der Waals surface area contributed by atoms with E-state index in [1.807, 2.05) is 6.26 Å². The zero-order valence-electron chi connectivity index (χ0n) is 5.68. The summed E-state index contributed by atoms with van der Waals surface area (Å²) in [6.45, 7) is 1.60. The van der Waals surface area contributed by atoms with Crippen LogP contribution in [0.15, 0.2) is 0 Å². The highest BCUT2D eigenvalue weighted by Crippen LogP contribution is 1.99. The molecule has 54 valence electrons. The van der Waals surface area contributed by atoms with Gasteiger partial charge in [0.2, 0.25) is 0 Å². The molecule has 1 N–H and O–H groups in total. The maximum absolute atomic E-state index is 10.7. The zero-order valence-corrected chi connectivity index (χ0v) is 7.65. The Balaban J connectivity index is 3.54. The third-order valence-corrected chi connectivity index (χ3v) is 2.09. The topological polar surface area (TPSA) is 29.1 Å². The van der Waals surface area contributed by atoms with Gasteiger partial charge in [0.15, 0.2) is 0 Å². The van der Waals surface area contributed by atoms with Gasteiger partial charge in [-0.2, -0.15) is 11.8 Å². The highest BCUT2D eigenvalue weighted by Gasteiger charge is 2.08. The van der Waals surface area contributed by atoms with Crippen molar-refractivity contribution in [3.63, 3.8) is 0 Å². The largest absolute Gasteiger partial charge is 0.298 e. The van der Waals surface area contributed by atoms with Crippen LogP contribution in [0.25, 0.3) is 0 Å². The van der Waals surface area contributed by atoms with Crippen LogP contribution in [-0.2, 0) is 4.79 Å². The summed E-state index contributed by atoms with van der Waals surface area (Å²) < 4.78 is 0. The smallest absolute Gasteiger partial charge is 0.147 e. The summed E-state index contributed by atoms with van der Waals surface area (Å²) >= 11 is 1.67. The predicted octanol–water partition coefficient (Wildman–Crippen LogP) is 0.687. The third-order valence-electron chi connectivity index (χ3n) is 1.03. The van der Waals surface area contributed by atoms with Crippen molar-refractivity contribution in [2.24, 2.45) is 0 Å². The van der Waals surface area contributed by atoms with Gasteiger partial charge in [-0.3, -0.25) is 9.88 Å². The van der Waals surface area contributed by atoms with Crippen molar-refractivity contribution in [1.82, 2.24) is 5.09 Å². The number of carbonyl (C=O) groups is 1. The molecule has 0 aliphatic heterocycles. The number of thioether (sulfide) groups is 1. The molecule has 0 aromatic heterocycles. The Kier molecular flexibility index (Phi) is 5.45. The second-order valence-electron chi connectivity index (χ2n) is 1.79. The second kappa shape index (κ2) is 5.21. The molecule has 2 nitrogen and oxygen atoms in total. The minimum Gasteiger partial charge on any atom is -0.298 e. The first kappa shape index (κ1) is 9.41. The summed E-state index contributed by atoms with van der Waals surface area (Å²) in [5.74, 6) is 1.04. The lowest BCUT2D eigenvalue weighted by atomic mass is 10.3. The van der Waals surface area contributed by atoms with Crippen molar-refractivity contribution in [2.75, 3.05) is 12.0 Å². The maximum atomic E-state index is 10.7. The fourth-order valence-electron chi connectivity index (χ4n) is 0.449. The number of ketones is 1. The molecule has 4 heteroatoms. The quantitative estimate of drug-likeness (QED) is 0.621. The average molecular weight is 165 g/mol. The van der Waals surface area contributed by atoms with Crippen molar-refractivity contribution < 1.29 is 4.79 Å². The Bertz CT molecular complexity index is 99.0. The van der Waals surface area contributed by atoms with Gasteiger partial charge >= 0.3 is 0 Å². The lowest BCUT2D eigenvalue weighted by molar-refractivity contribution is -0.118. The molecule has 0 aliphatic rings. The zero-order chi connectivity index (χ0) is 7.28. The van der Waals surface area contributed by atoms with Crippen LogP contribution in [0.1, 0.15) is 6.92 Å². The van der Waals surface area contributed by atoms with Gasteiger partial charge in [0.1, 0.15) is 5.78 Å². The molecule has 0 aromatic rings. The Morgan fingerprint density at radius 2 is 2.44 bits per heavy atom. The van der Waals surface area contributed by atoms with E-state index in [1.165, 1.54) is 0 Å². The van der Waals surface area contributed by atoms with Crippen LogP contribution < -0.4 is 5.09 Å². The van der Waals surface area contributed by atoms with Crippen molar-refractivity contribution in [2.45, 2.75) is 13.0 Å². The number of rotatable bonds is 4. The van der Waals surface area contributed by atoms with Gasteiger partial charge in [0.25, 0.3) is 0 Å². The number of hydrogen-bond acceptors (Lipinski definition) is 3. The monoisotopic (exact) mass is 165 g/mol. The van der Waals surface area contributed by atoms with Crippen LogP contribution in [-0.4, -0.2) is 23.8 Å². The number of Topliss-reactive ketones (excluding diaryl/α,β-unsaturated/α-hetero) is 1. The van der Waals surface area contributed by atoms with Crippen LogP contribution in [0.5, 0.6) is 0 Å². The Hall–Kier alpha value is 0.410. The molecule has 0 aromatic carbocycles. The van der Waals surface area contributed by atoms with E-state index >= 15 is 0 Å². The van der Waals surface area contributed by atoms with Crippen LogP contribution in [0, 0.1) is 0 Å². The fourth-order valence-corrected chi connectivity index (χ4v) is 1.64. The van der Waals surface area contributed by atoms with E-state index < -0.39 is 0 Å². The van der Waals surface area contributed by atoms with Gasteiger partial charge in [-0.25, -0.2) is 0 Å². The number of nitrogens with one attached hydrogen (secondary N) is 1.